The van der Waals surface area contributed by atoms with Crippen LogP contribution in [0.5, 0.6) is 11.5 Å². The molecule has 5 aromatic rings. The van der Waals surface area contributed by atoms with Gasteiger partial charge in [0.15, 0.2) is 29.1 Å². The Morgan fingerprint density at radius 3 is 2.52 bits per heavy atom. The molecule has 2 aromatic carbocycles. The summed E-state index contributed by atoms with van der Waals surface area (Å²) in [6, 6.07) is 10.8. The monoisotopic (exact) mass is 587 g/mol. The Morgan fingerprint density at radius 1 is 1.05 bits per heavy atom. The van der Waals surface area contributed by atoms with Crippen LogP contribution in [0.4, 0.5) is 33.5 Å². The molecule has 0 saturated heterocycles. The van der Waals surface area contributed by atoms with Gasteiger partial charge in [-0.3, -0.25) is 14.7 Å². The molecular formula is C26H18F5N7O4. The van der Waals surface area contributed by atoms with Crippen LogP contribution in [0.1, 0.15) is 10.4 Å². The van der Waals surface area contributed by atoms with Crippen molar-refractivity contribution in [2.24, 2.45) is 0 Å². The summed E-state index contributed by atoms with van der Waals surface area (Å²) in [5, 5.41) is 24.4. The molecule has 0 radical (unpaired) electrons. The number of hydrogen-bond donors (Lipinski definition) is 4. The van der Waals surface area contributed by atoms with Gasteiger partial charge in [-0.05, 0) is 42.5 Å². The third-order valence-corrected chi connectivity index (χ3v) is 5.84. The van der Waals surface area contributed by atoms with E-state index < -0.39 is 41.9 Å². The zero-order valence-corrected chi connectivity index (χ0v) is 21.0. The van der Waals surface area contributed by atoms with E-state index in [-0.39, 0.29) is 45.3 Å². The van der Waals surface area contributed by atoms with Crippen molar-refractivity contribution < 1.29 is 36.6 Å². The molecule has 0 aliphatic heterocycles. The van der Waals surface area contributed by atoms with Crippen LogP contribution in [0.15, 0.2) is 71.8 Å². The van der Waals surface area contributed by atoms with Crippen LogP contribution in [0.2, 0.25) is 0 Å². The van der Waals surface area contributed by atoms with Crippen molar-refractivity contribution in [3.8, 4) is 17.2 Å². The predicted octanol–water partition coefficient (Wildman–Crippen LogP) is 4.16. The number of aliphatic hydroxyl groups excluding tert-OH is 1. The molecule has 1 unspecified atom stereocenters. The quantitative estimate of drug-likeness (QED) is 0.198. The number of rotatable bonds is 8. The summed E-state index contributed by atoms with van der Waals surface area (Å²) >= 11 is 0. The number of pyridine rings is 1. The molecule has 42 heavy (non-hydrogen) atoms. The number of aliphatic hydroxyl groups is 1. The maximum Gasteiger partial charge on any atom is 0.416 e. The zero-order chi connectivity index (χ0) is 30.0. The fourth-order valence-electron chi connectivity index (χ4n) is 3.77. The number of hydrogen-bond acceptors (Lipinski definition) is 8. The minimum atomic E-state index is -4.85. The maximum absolute atomic E-state index is 15.0. The Hall–Kier alpha value is -5.38. The molecule has 0 aliphatic rings. The van der Waals surface area contributed by atoms with Gasteiger partial charge >= 0.3 is 6.18 Å². The fourth-order valence-corrected chi connectivity index (χ4v) is 3.77. The van der Waals surface area contributed by atoms with Crippen LogP contribution in [-0.2, 0) is 0 Å². The highest BCUT2D eigenvalue weighted by Crippen LogP contribution is 2.34. The van der Waals surface area contributed by atoms with Gasteiger partial charge in [0.25, 0.3) is 11.5 Å². The molecule has 0 bridgehead atoms. The van der Waals surface area contributed by atoms with Crippen LogP contribution in [0, 0.1) is 11.6 Å². The molecule has 4 N–H and O–H groups in total. The number of alkyl halides is 3. The Bertz CT molecular complexity index is 1820. The second-order valence-electron chi connectivity index (χ2n) is 8.68. The number of halogens is 5. The van der Waals surface area contributed by atoms with Gasteiger partial charge in [-0.1, -0.05) is 0 Å². The van der Waals surface area contributed by atoms with Gasteiger partial charge in [0.05, 0.1) is 12.2 Å². The number of anilines is 2. The van der Waals surface area contributed by atoms with Gasteiger partial charge in [0.1, 0.15) is 22.5 Å². The smallest absolute Gasteiger partial charge is 0.416 e. The van der Waals surface area contributed by atoms with Crippen LogP contribution in [0.3, 0.4) is 0 Å². The Labute approximate surface area is 231 Å². The van der Waals surface area contributed by atoms with Crippen LogP contribution >= 0.6 is 0 Å². The number of benzene rings is 2. The normalized spacial score (nSPS) is 12.2. The molecule has 1 amide bonds. The highest BCUT2D eigenvalue weighted by molar-refractivity contribution is 6.04. The molecule has 0 saturated carbocycles. The summed E-state index contributed by atoms with van der Waals surface area (Å²) < 4.78 is 72.8. The predicted molar refractivity (Wildman–Crippen MR) is 139 cm³/mol. The average molecular weight is 587 g/mol. The van der Waals surface area contributed by atoms with Crippen molar-refractivity contribution in [1.29, 1.82) is 0 Å². The first-order chi connectivity index (χ1) is 20.0. The molecule has 3 aromatic heterocycles. The number of ether oxygens (including phenoxy) is 1. The molecule has 0 spiro atoms. The number of H-pyrrole nitrogens is 1. The Balaban J connectivity index is 1.34. The van der Waals surface area contributed by atoms with Crippen molar-refractivity contribution in [3.05, 3.63) is 94.5 Å². The Kier molecular flexibility index (Phi) is 7.54. The highest BCUT2D eigenvalue weighted by atomic mass is 19.4. The van der Waals surface area contributed by atoms with Crippen molar-refractivity contribution in [3.63, 3.8) is 0 Å². The molecular weight excluding hydrogens is 569 g/mol. The zero-order valence-electron chi connectivity index (χ0n) is 21.0. The molecule has 0 aliphatic carbocycles. The van der Waals surface area contributed by atoms with Gasteiger partial charge in [0.2, 0.25) is 0 Å². The third kappa shape index (κ3) is 5.87. The first kappa shape index (κ1) is 28.2. The first-order valence-corrected chi connectivity index (χ1v) is 12.0. The topological polar surface area (TPSA) is 147 Å². The number of nitrogens with one attached hydrogen (secondary N) is 3. The molecule has 1 atom stereocenters. The van der Waals surface area contributed by atoms with Crippen LogP contribution in [0.25, 0.3) is 16.7 Å². The lowest BCUT2D eigenvalue weighted by molar-refractivity contribution is -0.198. The second kappa shape index (κ2) is 11.2. The number of carbonyl (C=O) groups excluding carboxylic acids is 1. The largest absolute Gasteiger partial charge is 0.453 e. The highest BCUT2D eigenvalue weighted by Gasteiger charge is 2.38. The fraction of sp³-hybridized carbons (Fsp3) is 0.115. The van der Waals surface area contributed by atoms with E-state index in [1.165, 1.54) is 48.8 Å². The summed E-state index contributed by atoms with van der Waals surface area (Å²) in [7, 11) is 0. The van der Waals surface area contributed by atoms with E-state index in [0.29, 0.717) is 0 Å². The SMILES string of the molecule is O=C(Nc1ccc(Oc2ccnc3[nH]nc(NCC(O)C(F)(F)F)c23)c(F)c1)c1ccnn(-c2ccc(F)cc2)c1=O. The van der Waals surface area contributed by atoms with E-state index in [1.807, 2.05) is 0 Å². The van der Waals surface area contributed by atoms with E-state index in [4.69, 9.17) is 4.74 Å². The van der Waals surface area contributed by atoms with Crippen molar-refractivity contribution in [2.75, 3.05) is 17.2 Å². The molecule has 11 nitrogen and oxygen atoms in total. The standard InChI is InChI=1S/C26H18F5N7O4/c27-13-1-4-15(5-2-13)38-25(41)16(7-10-34-38)24(40)35-14-3-6-18(17(28)11-14)42-19-8-9-32-22-21(19)23(37-36-22)33-12-20(39)26(29,30)31/h1-11,20,39H,12H2,(H,35,40)(H2,32,33,36,37). The van der Waals surface area contributed by atoms with Gasteiger partial charge < -0.3 is 20.5 Å². The summed E-state index contributed by atoms with van der Waals surface area (Å²) in [4.78, 5) is 29.6. The number of fused-ring (bicyclic) bond motifs is 1. The average Bonchev–Trinajstić information content (AvgIpc) is 3.37. The second-order valence-corrected chi connectivity index (χ2v) is 8.68. The van der Waals surface area contributed by atoms with Crippen molar-refractivity contribution in [1.82, 2.24) is 25.0 Å². The van der Waals surface area contributed by atoms with Crippen LogP contribution < -0.4 is 20.9 Å². The summed E-state index contributed by atoms with van der Waals surface area (Å²) in [5.74, 6) is -2.77. The molecule has 16 heteroatoms. The van der Waals surface area contributed by atoms with Crippen molar-refractivity contribution >= 4 is 28.4 Å². The number of nitrogens with zero attached hydrogens (tertiary/aromatic N) is 4. The van der Waals surface area contributed by atoms with Crippen LogP contribution in [-0.4, -0.2) is 54.8 Å². The Morgan fingerprint density at radius 2 is 1.81 bits per heavy atom. The summed E-state index contributed by atoms with van der Waals surface area (Å²) in [5.41, 5.74) is -0.798. The molecule has 0 fully saturated rings. The van der Waals surface area contributed by atoms with Gasteiger partial charge in [0, 0.05) is 30.2 Å². The van der Waals surface area contributed by atoms with E-state index in [0.717, 1.165) is 22.9 Å². The maximum atomic E-state index is 15.0. The molecule has 5 rings (SSSR count). The van der Waals surface area contributed by atoms with E-state index in [2.05, 4.69) is 30.9 Å². The number of aromatic nitrogens is 5. The summed E-state index contributed by atoms with van der Waals surface area (Å²) in [6.45, 7) is -0.910. The van der Waals surface area contributed by atoms with Gasteiger partial charge in [-0.2, -0.15) is 28.1 Å². The van der Waals surface area contributed by atoms with Gasteiger partial charge in [-0.15, -0.1) is 0 Å². The molecule has 3 heterocycles. The lowest BCUT2D eigenvalue weighted by Crippen LogP contribution is -2.35. The minimum Gasteiger partial charge on any atom is -0.453 e. The van der Waals surface area contributed by atoms with E-state index in [9.17, 15) is 32.3 Å². The summed E-state index contributed by atoms with van der Waals surface area (Å²) in [6.07, 6.45) is -5.02. The third-order valence-electron chi connectivity index (χ3n) is 5.84. The molecule has 216 valence electrons. The number of carbonyl (C=O) groups is 1. The lowest BCUT2D eigenvalue weighted by Gasteiger charge is -2.15. The minimum absolute atomic E-state index is 0.0217. The number of amides is 1. The van der Waals surface area contributed by atoms with E-state index >= 15 is 4.39 Å². The first-order valence-electron chi connectivity index (χ1n) is 12.0. The van der Waals surface area contributed by atoms with Crippen molar-refractivity contribution in [2.45, 2.75) is 12.3 Å². The van der Waals surface area contributed by atoms with E-state index in [1.54, 1.807) is 0 Å². The number of aromatic amines is 1. The lowest BCUT2D eigenvalue weighted by atomic mass is 10.2. The van der Waals surface area contributed by atoms with Gasteiger partial charge in [-0.25, -0.2) is 13.8 Å².